The number of hydrogen-bond donors (Lipinski definition) is 2. The third-order valence-electron chi connectivity index (χ3n) is 3.26. The molecule has 0 saturated carbocycles. The lowest BCUT2D eigenvalue weighted by Crippen LogP contribution is -2.23. The Balaban J connectivity index is 2.09. The summed E-state index contributed by atoms with van der Waals surface area (Å²) >= 11 is 5.89. The van der Waals surface area contributed by atoms with Gasteiger partial charge in [0.05, 0.1) is 0 Å². The van der Waals surface area contributed by atoms with E-state index >= 15 is 0 Å². The summed E-state index contributed by atoms with van der Waals surface area (Å²) < 4.78 is 0. The topological polar surface area (TPSA) is 57.8 Å². The molecule has 4 nitrogen and oxygen atoms in total. The molecule has 1 aromatic carbocycles. The van der Waals surface area contributed by atoms with Crippen LogP contribution in [0.5, 0.6) is 0 Å². The molecule has 1 atom stereocenters. The van der Waals surface area contributed by atoms with Crippen LogP contribution >= 0.6 is 11.6 Å². The monoisotopic (exact) mass is 261 g/mol. The normalized spacial score (nSPS) is 18.3. The summed E-state index contributed by atoms with van der Waals surface area (Å²) in [5.41, 5.74) is 3.14. The van der Waals surface area contributed by atoms with E-state index < -0.39 is 0 Å². The zero-order valence-electron chi connectivity index (χ0n) is 9.83. The molecule has 2 heterocycles. The first kappa shape index (κ1) is 11.3. The van der Waals surface area contributed by atoms with E-state index in [2.05, 4.69) is 15.5 Å². The molecule has 0 aliphatic carbocycles. The van der Waals surface area contributed by atoms with E-state index in [1.54, 1.807) is 0 Å². The van der Waals surface area contributed by atoms with E-state index in [1.165, 1.54) is 0 Å². The van der Waals surface area contributed by atoms with Gasteiger partial charge in [0, 0.05) is 28.6 Å². The number of H-pyrrole nitrogens is 1. The van der Waals surface area contributed by atoms with Crippen LogP contribution in [0.3, 0.4) is 0 Å². The molecule has 0 unspecified atom stereocenters. The minimum absolute atomic E-state index is 0.00560. The minimum Gasteiger partial charge on any atom is -0.309 e. The maximum atomic E-state index is 11.7. The van der Waals surface area contributed by atoms with Crippen molar-refractivity contribution < 1.29 is 4.79 Å². The zero-order valence-corrected chi connectivity index (χ0v) is 10.6. The maximum Gasteiger partial charge on any atom is 0.226 e. The van der Waals surface area contributed by atoms with Gasteiger partial charge < -0.3 is 5.32 Å². The molecular weight excluding hydrogens is 250 g/mol. The van der Waals surface area contributed by atoms with Crippen LogP contribution in [0.25, 0.3) is 0 Å². The van der Waals surface area contributed by atoms with Crippen molar-refractivity contribution in [2.45, 2.75) is 19.3 Å². The van der Waals surface area contributed by atoms with Crippen LogP contribution in [-0.4, -0.2) is 16.1 Å². The van der Waals surface area contributed by atoms with Gasteiger partial charge in [-0.05, 0) is 24.6 Å². The van der Waals surface area contributed by atoms with Crippen molar-refractivity contribution in [3.05, 3.63) is 46.1 Å². The molecule has 5 heteroatoms. The maximum absolute atomic E-state index is 11.7. The van der Waals surface area contributed by atoms with Crippen molar-refractivity contribution in [1.82, 2.24) is 10.2 Å². The van der Waals surface area contributed by atoms with Crippen LogP contribution in [0.15, 0.2) is 24.3 Å². The fourth-order valence-corrected chi connectivity index (χ4v) is 2.54. The number of carbonyl (C=O) groups excluding carboxylic acids is 1. The zero-order chi connectivity index (χ0) is 12.7. The number of nitrogens with zero attached hydrogens (tertiary/aromatic N) is 1. The average molecular weight is 262 g/mol. The highest BCUT2D eigenvalue weighted by atomic mass is 35.5. The highest BCUT2D eigenvalue weighted by molar-refractivity contribution is 6.30. The largest absolute Gasteiger partial charge is 0.309 e. The molecule has 0 spiro atoms. The van der Waals surface area contributed by atoms with Crippen LogP contribution in [0.1, 0.15) is 29.2 Å². The molecule has 1 aliphatic rings. The average Bonchev–Trinajstić information content (AvgIpc) is 2.71. The lowest BCUT2D eigenvalue weighted by atomic mass is 9.86. The van der Waals surface area contributed by atoms with Crippen molar-refractivity contribution in [1.29, 1.82) is 0 Å². The number of fused-ring (bicyclic) bond motifs is 1. The fourth-order valence-electron chi connectivity index (χ4n) is 2.41. The van der Waals surface area contributed by atoms with Gasteiger partial charge in [-0.15, -0.1) is 0 Å². The summed E-state index contributed by atoms with van der Waals surface area (Å²) in [6.45, 7) is 1.96. The smallest absolute Gasteiger partial charge is 0.226 e. The number of amides is 1. The summed E-state index contributed by atoms with van der Waals surface area (Å²) in [6, 6.07) is 7.61. The SMILES string of the molecule is Cc1[nH]nc2c1[C@@H](c1ccc(Cl)cc1)CC(=O)N2. The van der Waals surface area contributed by atoms with Gasteiger partial charge in [-0.25, -0.2) is 0 Å². The van der Waals surface area contributed by atoms with Crippen LogP contribution in [0.2, 0.25) is 5.02 Å². The molecule has 2 aromatic rings. The standard InChI is InChI=1S/C13H12ClN3O/c1-7-12-10(8-2-4-9(14)5-3-8)6-11(18)15-13(12)17-16-7/h2-5,10H,6H2,1H3,(H2,15,16,17,18)/t10-/m1/s1. The van der Waals surface area contributed by atoms with Gasteiger partial charge in [0.15, 0.2) is 5.82 Å². The molecule has 1 aromatic heterocycles. The number of aromatic nitrogens is 2. The summed E-state index contributed by atoms with van der Waals surface area (Å²) in [5.74, 6) is 0.683. The second kappa shape index (κ2) is 4.14. The van der Waals surface area contributed by atoms with Crippen molar-refractivity contribution in [3.63, 3.8) is 0 Å². The van der Waals surface area contributed by atoms with E-state index in [1.807, 2.05) is 31.2 Å². The van der Waals surface area contributed by atoms with E-state index in [0.29, 0.717) is 17.3 Å². The number of anilines is 1. The first-order chi connectivity index (χ1) is 8.65. The quantitative estimate of drug-likeness (QED) is 0.829. The predicted molar refractivity (Wildman–Crippen MR) is 69.9 cm³/mol. The first-order valence-electron chi connectivity index (χ1n) is 5.75. The minimum atomic E-state index is -0.00560. The molecule has 1 aliphatic heterocycles. The van der Waals surface area contributed by atoms with Gasteiger partial charge in [0.1, 0.15) is 0 Å². The molecule has 1 amide bonds. The van der Waals surface area contributed by atoms with E-state index in [9.17, 15) is 4.79 Å². The summed E-state index contributed by atoms with van der Waals surface area (Å²) in [4.78, 5) is 11.7. The van der Waals surface area contributed by atoms with Crippen molar-refractivity contribution >= 4 is 23.3 Å². The lowest BCUT2D eigenvalue weighted by Gasteiger charge is -2.22. The second-order valence-corrected chi connectivity index (χ2v) is 4.90. The molecule has 3 rings (SSSR count). The Bertz CT molecular complexity index is 603. The van der Waals surface area contributed by atoms with Gasteiger partial charge in [-0.2, -0.15) is 5.10 Å². The van der Waals surface area contributed by atoms with Gasteiger partial charge >= 0.3 is 0 Å². The Labute approximate surface area is 109 Å². The summed E-state index contributed by atoms with van der Waals surface area (Å²) in [6.07, 6.45) is 0.439. The van der Waals surface area contributed by atoms with Gasteiger partial charge in [0.2, 0.25) is 5.91 Å². The predicted octanol–water partition coefficient (Wildman–Crippen LogP) is 2.85. The summed E-state index contributed by atoms with van der Waals surface area (Å²) in [7, 11) is 0. The summed E-state index contributed by atoms with van der Waals surface area (Å²) in [5, 5.41) is 10.5. The van der Waals surface area contributed by atoms with Gasteiger partial charge in [-0.3, -0.25) is 9.89 Å². The van der Waals surface area contributed by atoms with Crippen LogP contribution in [-0.2, 0) is 4.79 Å². The van der Waals surface area contributed by atoms with E-state index in [-0.39, 0.29) is 11.8 Å². The fraction of sp³-hybridized carbons (Fsp3) is 0.231. The number of rotatable bonds is 1. The molecule has 18 heavy (non-hydrogen) atoms. The van der Waals surface area contributed by atoms with Gasteiger partial charge in [-0.1, -0.05) is 23.7 Å². The Hall–Kier alpha value is -1.81. The van der Waals surface area contributed by atoms with Crippen molar-refractivity contribution in [2.75, 3.05) is 5.32 Å². The number of benzene rings is 1. The Morgan fingerprint density at radius 3 is 2.78 bits per heavy atom. The van der Waals surface area contributed by atoms with Crippen molar-refractivity contribution in [2.24, 2.45) is 0 Å². The highest BCUT2D eigenvalue weighted by Crippen LogP contribution is 2.37. The number of nitrogens with one attached hydrogen (secondary N) is 2. The molecule has 0 bridgehead atoms. The Kier molecular flexibility index (Phi) is 2.59. The number of aromatic amines is 1. The van der Waals surface area contributed by atoms with E-state index in [0.717, 1.165) is 16.8 Å². The van der Waals surface area contributed by atoms with Crippen LogP contribution in [0, 0.1) is 6.92 Å². The first-order valence-corrected chi connectivity index (χ1v) is 6.13. The molecule has 0 saturated heterocycles. The van der Waals surface area contributed by atoms with Crippen LogP contribution in [0.4, 0.5) is 5.82 Å². The third-order valence-corrected chi connectivity index (χ3v) is 3.51. The number of halogens is 1. The van der Waals surface area contributed by atoms with Crippen LogP contribution < -0.4 is 5.32 Å². The lowest BCUT2D eigenvalue weighted by molar-refractivity contribution is -0.116. The second-order valence-electron chi connectivity index (χ2n) is 4.47. The number of aryl methyl sites for hydroxylation is 1. The molecule has 0 fully saturated rings. The molecule has 92 valence electrons. The molecule has 2 N–H and O–H groups in total. The Morgan fingerprint density at radius 2 is 2.06 bits per heavy atom. The highest BCUT2D eigenvalue weighted by Gasteiger charge is 2.30. The third kappa shape index (κ3) is 1.78. The Morgan fingerprint density at radius 1 is 1.33 bits per heavy atom. The molecular formula is C13H12ClN3O. The van der Waals surface area contributed by atoms with Gasteiger partial charge in [0.25, 0.3) is 0 Å². The number of hydrogen-bond acceptors (Lipinski definition) is 2. The molecule has 0 radical (unpaired) electrons. The van der Waals surface area contributed by atoms with Crippen molar-refractivity contribution in [3.8, 4) is 0 Å². The van der Waals surface area contributed by atoms with E-state index in [4.69, 9.17) is 11.6 Å². The number of carbonyl (C=O) groups is 1.